The second kappa shape index (κ2) is 21.4. The molecule has 94 valence electrons. The van der Waals surface area contributed by atoms with Gasteiger partial charge >= 0.3 is 56.9 Å². The molecule has 0 rings (SSSR count). The largest absolute Gasteiger partial charge is 2.00 e. The first-order valence-corrected chi connectivity index (χ1v) is 3.50. The van der Waals surface area contributed by atoms with Crippen molar-refractivity contribution in [1.29, 1.82) is 0 Å². The quantitative estimate of drug-likeness (QED) is 0.149. The summed E-state index contributed by atoms with van der Waals surface area (Å²) >= 11 is 0. The van der Waals surface area contributed by atoms with Gasteiger partial charge in [-0.2, -0.15) is 0 Å². The van der Waals surface area contributed by atoms with Gasteiger partial charge in [-0.05, 0) is 0 Å². The van der Waals surface area contributed by atoms with Crippen LogP contribution < -0.4 is 35.7 Å². The van der Waals surface area contributed by atoms with E-state index in [4.69, 9.17) is 30.6 Å². The smallest absolute Gasteiger partial charge is 0.726 e. The molecule has 0 aliphatic rings. The van der Waals surface area contributed by atoms with Gasteiger partial charge in [-0.1, -0.05) is 0 Å². The Labute approximate surface area is 137 Å². The third-order valence-electron chi connectivity index (χ3n) is 0.204. The monoisotopic (exact) mass is 389 g/mol. The Bertz CT molecular complexity index is 247. The minimum atomic E-state index is -4.41. The summed E-state index contributed by atoms with van der Waals surface area (Å²) in [6.45, 7) is 0. The Morgan fingerprint density at radius 3 is 1.06 bits per heavy atom. The molecule has 0 amide bonds. The fourth-order valence-electron chi connectivity index (χ4n) is 0. The molecule has 0 unspecified atom stereocenters. The zero-order chi connectivity index (χ0) is 12.4. The third-order valence-corrected chi connectivity index (χ3v) is 0.612. The molecule has 13 nitrogen and oxygen atoms in total. The predicted octanol–water partition coefficient (Wildman–Crippen LogP) is -4.22. The van der Waals surface area contributed by atoms with Crippen molar-refractivity contribution < 1.29 is 84.2 Å². The van der Waals surface area contributed by atoms with Crippen LogP contribution in [0.3, 0.4) is 0 Å². The van der Waals surface area contributed by atoms with Crippen molar-refractivity contribution in [3.8, 4) is 0 Å². The minimum Gasteiger partial charge on any atom is -0.726 e. The molecule has 0 saturated carbocycles. The summed E-state index contributed by atoms with van der Waals surface area (Å²) in [7, 11) is -3.60. The molecule has 0 heterocycles. The van der Waals surface area contributed by atoms with Gasteiger partial charge < -0.3 is 41.3 Å². The number of hydrogen-bond acceptors (Lipinski definition) is 11. The Morgan fingerprint density at radius 1 is 1.00 bits per heavy atom. The van der Waals surface area contributed by atoms with Crippen molar-refractivity contribution in [2.45, 2.75) is 0 Å². The van der Waals surface area contributed by atoms with Gasteiger partial charge in [-0.25, -0.2) is 8.42 Å². The average molecular weight is 388 g/mol. The summed E-state index contributed by atoms with van der Waals surface area (Å²) in [6.07, 6.45) is 0. The molecule has 0 fully saturated rings. The van der Waals surface area contributed by atoms with Crippen LogP contribution in [-0.2, 0) is 41.9 Å². The standard InChI is InChI=1S/CH4O4S.Cd.2NO3.H3N.Na/c1-5-6(2,3)4;;2*2-1(3)4;;/h1H3,(H,2,3,4);;;;1H3;/q;+2;2*-1;;+1/p-1. The van der Waals surface area contributed by atoms with Crippen LogP contribution >= 0.6 is 0 Å². The van der Waals surface area contributed by atoms with Crippen LogP contribution in [0.25, 0.3) is 0 Å². The Balaban J connectivity index is -0.0000000252. The summed E-state index contributed by atoms with van der Waals surface area (Å²) in [5.41, 5.74) is 0. The molecule has 0 aromatic heterocycles. The van der Waals surface area contributed by atoms with E-state index in [0.717, 1.165) is 7.11 Å². The van der Waals surface area contributed by atoms with Crippen LogP contribution in [-0.4, -0.2) is 30.3 Å². The number of hydrogen-bond donors (Lipinski definition) is 1. The molecule has 0 aromatic rings. The molecule has 0 spiro atoms. The molecular weight excluding hydrogens is 381 g/mol. The predicted molar refractivity (Wildman–Crippen MR) is 42.5 cm³/mol. The molecule has 0 bridgehead atoms. The SMILES string of the molecule is COS(=O)(=O)[O-].N.O=[N+]([O-])[O-].O=[N+]([O-])[O-].[Cd+2].[Na+]. The number of nitrogens with zero attached hydrogens (tertiary/aromatic N) is 2. The number of rotatable bonds is 1. The van der Waals surface area contributed by atoms with Crippen LogP contribution in [0.4, 0.5) is 0 Å². The first-order chi connectivity index (χ1) is 6.02. The van der Waals surface area contributed by atoms with Crippen molar-refractivity contribution in [2.75, 3.05) is 7.11 Å². The van der Waals surface area contributed by atoms with E-state index >= 15 is 0 Å². The van der Waals surface area contributed by atoms with Gasteiger partial charge in [0.1, 0.15) is 0 Å². The van der Waals surface area contributed by atoms with E-state index in [9.17, 15) is 13.0 Å². The first-order valence-electron chi connectivity index (χ1n) is 2.17. The molecule has 0 aromatic carbocycles. The van der Waals surface area contributed by atoms with E-state index in [1.165, 1.54) is 0 Å². The van der Waals surface area contributed by atoms with Crippen molar-refractivity contribution >= 4 is 10.4 Å². The Kier molecular flexibility index (Phi) is 45.4. The summed E-state index contributed by atoms with van der Waals surface area (Å²) in [6, 6.07) is 0. The zero-order valence-electron chi connectivity index (χ0n) is 8.80. The second-order valence-corrected chi connectivity index (χ2v) is 2.17. The summed E-state index contributed by atoms with van der Waals surface area (Å²) in [5, 5.41) is 29.5. The van der Waals surface area contributed by atoms with Gasteiger partial charge in [-0.15, -0.1) is 0 Å². The maximum Gasteiger partial charge on any atom is 2.00 e. The van der Waals surface area contributed by atoms with Crippen LogP contribution in [0.1, 0.15) is 0 Å². The fourth-order valence-corrected chi connectivity index (χ4v) is 0. The molecule has 0 aliphatic heterocycles. The van der Waals surface area contributed by atoms with Gasteiger partial charge in [0.15, 0.2) is 0 Å². The molecule has 0 aliphatic carbocycles. The Morgan fingerprint density at radius 2 is 1.06 bits per heavy atom. The van der Waals surface area contributed by atoms with Gasteiger partial charge in [0.2, 0.25) is 10.4 Å². The van der Waals surface area contributed by atoms with Gasteiger partial charge in [0, 0.05) is 0 Å². The third kappa shape index (κ3) is 326. The zero-order valence-corrected chi connectivity index (χ0v) is 15.7. The molecular formula is CH6CdN3NaO10S. The maximum atomic E-state index is 9.22. The minimum absolute atomic E-state index is 0. The van der Waals surface area contributed by atoms with Gasteiger partial charge in [0.25, 0.3) is 0 Å². The van der Waals surface area contributed by atoms with Crippen molar-refractivity contribution in [3.05, 3.63) is 30.6 Å². The average Bonchev–Trinajstić information content (AvgIpc) is 1.83. The van der Waals surface area contributed by atoms with Crippen LogP contribution in [0, 0.1) is 30.6 Å². The van der Waals surface area contributed by atoms with E-state index in [-0.39, 0.29) is 63.0 Å². The summed E-state index contributed by atoms with van der Waals surface area (Å²) in [4.78, 5) is 16.5. The van der Waals surface area contributed by atoms with Gasteiger partial charge in [-0.3, -0.25) is 4.18 Å². The van der Waals surface area contributed by atoms with Crippen LogP contribution in [0.2, 0.25) is 0 Å². The van der Waals surface area contributed by atoms with E-state index in [1.807, 2.05) is 0 Å². The van der Waals surface area contributed by atoms with E-state index < -0.39 is 20.6 Å². The Hall–Kier alpha value is 0.152. The first kappa shape index (κ1) is 36.0. The molecule has 0 radical (unpaired) electrons. The van der Waals surface area contributed by atoms with E-state index in [1.54, 1.807) is 0 Å². The summed E-state index contributed by atoms with van der Waals surface area (Å²) in [5.74, 6) is 0. The second-order valence-electron chi connectivity index (χ2n) is 1.02. The van der Waals surface area contributed by atoms with Crippen molar-refractivity contribution in [2.24, 2.45) is 0 Å². The summed E-state index contributed by atoms with van der Waals surface area (Å²) < 4.78 is 31.0. The van der Waals surface area contributed by atoms with Crippen molar-refractivity contribution in [1.82, 2.24) is 6.15 Å². The van der Waals surface area contributed by atoms with E-state index in [0.29, 0.717) is 0 Å². The molecule has 17 heavy (non-hydrogen) atoms. The normalized spacial score (nSPS) is 6.94. The molecule has 3 N–H and O–H groups in total. The molecule has 0 saturated heterocycles. The molecule has 0 atom stereocenters. The maximum absolute atomic E-state index is 9.22. The van der Waals surface area contributed by atoms with E-state index in [2.05, 4.69) is 4.18 Å². The topological polar surface area (TPSA) is 234 Å². The van der Waals surface area contributed by atoms with Gasteiger partial charge in [0.05, 0.1) is 17.3 Å². The van der Waals surface area contributed by atoms with Crippen LogP contribution in [0.15, 0.2) is 0 Å². The van der Waals surface area contributed by atoms with Crippen molar-refractivity contribution in [3.63, 3.8) is 0 Å². The molecule has 16 heteroatoms. The van der Waals surface area contributed by atoms with Crippen LogP contribution in [0.5, 0.6) is 0 Å². The fraction of sp³-hybridized carbons (Fsp3) is 1.00.